The van der Waals surface area contributed by atoms with Crippen molar-refractivity contribution >= 4 is 11.6 Å². The average molecular weight is 293 g/mol. The zero-order chi connectivity index (χ0) is 15.4. The van der Waals surface area contributed by atoms with Crippen molar-refractivity contribution in [2.24, 2.45) is 0 Å². The molecule has 1 heterocycles. The molecule has 0 amide bonds. The molecule has 0 bridgehead atoms. The summed E-state index contributed by atoms with van der Waals surface area (Å²) in [5.41, 5.74) is 2.46. The van der Waals surface area contributed by atoms with Crippen molar-refractivity contribution in [2.75, 3.05) is 12.4 Å². The van der Waals surface area contributed by atoms with Crippen LogP contribution in [0, 0.1) is 0 Å². The van der Waals surface area contributed by atoms with Crippen LogP contribution >= 0.6 is 0 Å². The Labute approximate surface area is 128 Å². The highest BCUT2D eigenvalue weighted by Crippen LogP contribution is 2.24. The van der Waals surface area contributed by atoms with Gasteiger partial charge in [-0.1, -0.05) is 18.2 Å². The molecule has 1 aromatic heterocycles. The van der Waals surface area contributed by atoms with E-state index in [0.717, 1.165) is 22.7 Å². The molecule has 0 spiro atoms. The predicted octanol–water partition coefficient (Wildman–Crippen LogP) is 3.60. The lowest BCUT2D eigenvalue weighted by molar-refractivity contribution is 0.415. The van der Waals surface area contributed by atoms with Gasteiger partial charge < -0.3 is 15.2 Å². The second-order valence-corrected chi connectivity index (χ2v) is 4.67. The summed E-state index contributed by atoms with van der Waals surface area (Å²) in [6.45, 7) is 0. The van der Waals surface area contributed by atoms with E-state index in [1.54, 1.807) is 31.5 Å². The van der Waals surface area contributed by atoms with E-state index in [9.17, 15) is 5.11 Å². The number of aromatic hydroxyl groups is 1. The largest absolute Gasteiger partial charge is 0.508 e. The molecule has 3 rings (SSSR count). The molecular weight excluding hydrogens is 278 g/mol. The molecule has 0 radical (unpaired) electrons. The van der Waals surface area contributed by atoms with Crippen molar-refractivity contribution in [1.82, 2.24) is 9.97 Å². The van der Waals surface area contributed by atoms with E-state index in [1.165, 1.54) is 0 Å². The zero-order valence-electron chi connectivity index (χ0n) is 12.0. The molecule has 3 aromatic rings. The van der Waals surface area contributed by atoms with Crippen molar-refractivity contribution in [1.29, 1.82) is 0 Å². The fourth-order valence-electron chi connectivity index (χ4n) is 2.07. The van der Waals surface area contributed by atoms with Crippen LogP contribution in [0.4, 0.5) is 11.6 Å². The van der Waals surface area contributed by atoms with Crippen molar-refractivity contribution < 1.29 is 9.84 Å². The summed E-state index contributed by atoms with van der Waals surface area (Å²) in [5, 5.41) is 12.6. The highest BCUT2D eigenvalue weighted by molar-refractivity contribution is 5.63. The lowest BCUT2D eigenvalue weighted by Gasteiger charge is -2.08. The molecule has 0 aliphatic rings. The Morgan fingerprint density at radius 1 is 1.05 bits per heavy atom. The van der Waals surface area contributed by atoms with Gasteiger partial charge in [-0.05, 0) is 30.3 Å². The summed E-state index contributed by atoms with van der Waals surface area (Å²) in [6, 6.07) is 16.3. The van der Waals surface area contributed by atoms with Gasteiger partial charge in [0.25, 0.3) is 0 Å². The van der Waals surface area contributed by atoms with E-state index in [0.29, 0.717) is 5.95 Å². The normalized spacial score (nSPS) is 10.2. The Hall–Kier alpha value is -3.08. The summed E-state index contributed by atoms with van der Waals surface area (Å²) in [5.74, 6) is 1.43. The molecule has 5 heteroatoms. The number of anilines is 2. The molecular formula is C17H15N3O2. The summed E-state index contributed by atoms with van der Waals surface area (Å²) >= 11 is 0. The van der Waals surface area contributed by atoms with E-state index in [-0.39, 0.29) is 5.75 Å². The predicted molar refractivity (Wildman–Crippen MR) is 85.4 cm³/mol. The minimum atomic E-state index is 0.189. The Balaban J connectivity index is 1.89. The molecule has 2 N–H and O–H groups in total. The Bertz CT molecular complexity index is 790. The van der Waals surface area contributed by atoms with Gasteiger partial charge in [0.2, 0.25) is 5.95 Å². The second kappa shape index (κ2) is 6.13. The van der Waals surface area contributed by atoms with Crippen LogP contribution in [0.25, 0.3) is 11.3 Å². The van der Waals surface area contributed by atoms with Crippen LogP contribution < -0.4 is 10.1 Å². The van der Waals surface area contributed by atoms with Gasteiger partial charge >= 0.3 is 0 Å². The van der Waals surface area contributed by atoms with Crippen LogP contribution in [0.2, 0.25) is 0 Å². The highest BCUT2D eigenvalue weighted by atomic mass is 16.5. The van der Waals surface area contributed by atoms with Crippen LogP contribution in [-0.4, -0.2) is 22.2 Å². The maximum atomic E-state index is 9.49. The minimum Gasteiger partial charge on any atom is -0.508 e. The minimum absolute atomic E-state index is 0.189. The number of hydrogen-bond acceptors (Lipinski definition) is 5. The van der Waals surface area contributed by atoms with E-state index in [2.05, 4.69) is 15.3 Å². The van der Waals surface area contributed by atoms with Gasteiger partial charge in [0, 0.05) is 23.5 Å². The molecule has 0 atom stereocenters. The number of rotatable bonds is 4. The lowest BCUT2D eigenvalue weighted by Crippen LogP contribution is -1.97. The van der Waals surface area contributed by atoms with Gasteiger partial charge in [-0.3, -0.25) is 0 Å². The third-order valence-corrected chi connectivity index (χ3v) is 3.12. The fraction of sp³-hybridized carbons (Fsp3) is 0.0588. The molecule has 0 aliphatic carbocycles. The van der Waals surface area contributed by atoms with E-state index in [1.807, 2.05) is 36.4 Å². The number of ether oxygens (including phenoxy) is 1. The molecule has 2 aromatic carbocycles. The molecule has 0 aliphatic heterocycles. The molecule has 22 heavy (non-hydrogen) atoms. The van der Waals surface area contributed by atoms with Gasteiger partial charge in [0.15, 0.2) is 0 Å². The highest BCUT2D eigenvalue weighted by Gasteiger charge is 2.04. The van der Waals surface area contributed by atoms with Gasteiger partial charge in [0.1, 0.15) is 11.5 Å². The van der Waals surface area contributed by atoms with Crippen molar-refractivity contribution in [2.45, 2.75) is 0 Å². The van der Waals surface area contributed by atoms with Gasteiger partial charge in [0.05, 0.1) is 12.8 Å². The number of phenolic OH excluding ortho intramolecular Hbond substituents is 1. The smallest absolute Gasteiger partial charge is 0.227 e. The van der Waals surface area contributed by atoms with Crippen molar-refractivity contribution in [3.8, 4) is 22.8 Å². The second-order valence-electron chi connectivity index (χ2n) is 4.67. The number of methoxy groups -OCH3 is 1. The van der Waals surface area contributed by atoms with Gasteiger partial charge in [-0.15, -0.1) is 0 Å². The van der Waals surface area contributed by atoms with E-state index >= 15 is 0 Å². The Morgan fingerprint density at radius 2 is 1.91 bits per heavy atom. The zero-order valence-corrected chi connectivity index (χ0v) is 12.0. The Morgan fingerprint density at radius 3 is 2.73 bits per heavy atom. The number of phenols is 1. The van der Waals surface area contributed by atoms with Crippen LogP contribution in [0.1, 0.15) is 0 Å². The van der Waals surface area contributed by atoms with Crippen LogP contribution in [0.15, 0.2) is 60.8 Å². The molecule has 0 fully saturated rings. The first-order valence-electron chi connectivity index (χ1n) is 6.78. The van der Waals surface area contributed by atoms with Crippen molar-refractivity contribution in [3.63, 3.8) is 0 Å². The quantitative estimate of drug-likeness (QED) is 0.769. The maximum absolute atomic E-state index is 9.49. The van der Waals surface area contributed by atoms with Crippen LogP contribution in [0.3, 0.4) is 0 Å². The summed E-state index contributed by atoms with van der Waals surface area (Å²) in [7, 11) is 1.63. The van der Waals surface area contributed by atoms with Gasteiger partial charge in [-0.2, -0.15) is 0 Å². The number of nitrogens with zero attached hydrogens (tertiary/aromatic N) is 2. The first-order valence-corrected chi connectivity index (χ1v) is 6.78. The average Bonchev–Trinajstić information content (AvgIpc) is 2.55. The lowest BCUT2D eigenvalue weighted by atomic mass is 10.1. The molecule has 110 valence electrons. The molecule has 5 nitrogen and oxygen atoms in total. The standard InChI is InChI=1S/C17H15N3O2/c1-22-15-7-2-4-12(10-15)16-8-9-18-17(20-16)19-13-5-3-6-14(21)11-13/h2-11,21H,1H3,(H,18,19,20). The fourth-order valence-corrected chi connectivity index (χ4v) is 2.07. The topological polar surface area (TPSA) is 67.3 Å². The summed E-state index contributed by atoms with van der Waals surface area (Å²) < 4.78 is 5.23. The third kappa shape index (κ3) is 3.15. The molecule has 0 unspecified atom stereocenters. The number of aromatic nitrogens is 2. The Kier molecular flexibility index (Phi) is 3.87. The maximum Gasteiger partial charge on any atom is 0.227 e. The number of benzene rings is 2. The molecule has 0 saturated heterocycles. The van der Waals surface area contributed by atoms with Crippen LogP contribution in [0.5, 0.6) is 11.5 Å². The van der Waals surface area contributed by atoms with E-state index < -0.39 is 0 Å². The number of hydrogen-bond donors (Lipinski definition) is 2. The van der Waals surface area contributed by atoms with Gasteiger partial charge in [-0.25, -0.2) is 9.97 Å². The first-order chi connectivity index (χ1) is 10.7. The first kappa shape index (κ1) is 13.9. The number of nitrogens with one attached hydrogen (secondary N) is 1. The summed E-state index contributed by atoms with van der Waals surface area (Å²) in [6.07, 6.45) is 1.69. The monoisotopic (exact) mass is 293 g/mol. The third-order valence-electron chi connectivity index (χ3n) is 3.12. The molecule has 0 saturated carbocycles. The van der Waals surface area contributed by atoms with E-state index in [4.69, 9.17) is 4.74 Å². The SMILES string of the molecule is COc1cccc(-c2ccnc(Nc3cccc(O)c3)n2)c1. The van der Waals surface area contributed by atoms with Crippen molar-refractivity contribution in [3.05, 3.63) is 60.8 Å². The van der Waals surface area contributed by atoms with Crippen LogP contribution in [-0.2, 0) is 0 Å². The summed E-state index contributed by atoms with van der Waals surface area (Å²) in [4.78, 5) is 8.68.